The second-order valence-corrected chi connectivity index (χ2v) is 6.29. The number of rotatable bonds is 2. The van der Waals surface area contributed by atoms with Crippen molar-refractivity contribution in [3.63, 3.8) is 0 Å². The van der Waals surface area contributed by atoms with E-state index in [9.17, 15) is 0 Å². The average Bonchev–Trinajstić information content (AvgIpc) is 2.56. The van der Waals surface area contributed by atoms with Crippen LogP contribution in [0, 0.1) is 5.92 Å². The van der Waals surface area contributed by atoms with Gasteiger partial charge in [0.2, 0.25) is 0 Å². The van der Waals surface area contributed by atoms with Crippen LogP contribution in [0.25, 0.3) is 0 Å². The van der Waals surface area contributed by atoms with Gasteiger partial charge in [-0.2, -0.15) is 0 Å². The fourth-order valence-electron chi connectivity index (χ4n) is 2.71. The molecule has 1 aromatic heterocycles. The quantitative estimate of drug-likeness (QED) is 0.620. The maximum atomic E-state index is 9.07. The van der Waals surface area contributed by atoms with Gasteiger partial charge >= 0.3 is 0 Å². The van der Waals surface area contributed by atoms with Crippen LogP contribution >= 0.6 is 22.6 Å². The summed E-state index contributed by atoms with van der Waals surface area (Å²) >= 11 is 2.40. The summed E-state index contributed by atoms with van der Waals surface area (Å²) in [6, 6.07) is 0.514. The first-order valence-electron chi connectivity index (χ1n) is 5.82. The Morgan fingerprint density at radius 1 is 1.47 bits per heavy atom. The second kappa shape index (κ2) is 4.24. The number of nitrogen functional groups attached to an aromatic ring is 1. The zero-order valence-electron chi connectivity index (χ0n) is 9.38. The highest BCUT2D eigenvalue weighted by Gasteiger charge is 2.40. The van der Waals surface area contributed by atoms with Crippen LogP contribution in [0.2, 0.25) is 0 Å². The smallest absolute Gasteiger partial charge is 0.138 e. The number of hydrogen-bond donors (Lipinski definition) is 2. The number of anilines is 2. The number of nitrogens with zero attached hydrogens (tertiary/aromatic N) is 3. The fraction of sp³-hybridized carbons (Fsp3) is 0.636. The van der Waals surface area contributed by atoms with Gasteiger partial charge in [-0.05, 0) is 18.8 Å². The molecule has 1 aliphatic carbocycles. The fourth-order valence-corrected chi connectivity index (χ4v) is 3.73. The van der Waals surface area contributed by atoms with Crippen LogP contribution in [-0.4, -0.2) is 34.3 Å². The van der Waals surface area contributed by atoms with Crippen molar-refractivity contribution < 1.29 is 5.11 Å². The Morgan fingerprint density at radius 3 is 2.94 bits per heavy atom. The molecular weight excluding hydrogens is 331 g/mol. The predicted molar refractivity (Wildman–Crippen MR) is 74.1 cm³/mol. The Morgan fingerprint density at radius 2 is 2.24 bits per heavy atom. The number of fused-ring (bicyclic) bond motifs is 1. The topological polar surface area (TPSA) is 75.3 Å². The van der Waals surface area contributed by atoms with E-state index in [2.05, 4.69) is 37.5 Å². The van der Waals surface area contributed by atoms with Crippen LogP contribution in [-0.2, 0) is 0 Å². The van der Waals surface area contributed by atoms with Gasteiger partial charge in [0.25, 0.3) is 0 Å². The molecule has 1 fully saturated rings. The number of hydrogen-bond acceptors (Lipinski definition) is 5. The van der Waals surface area contributed by atoms with Crippen molar-refractivity contribution in [2.45, 2.75) is 22.8 Å². The second-order valence-electron chi connectivity index (χ2n) is 4.79. The molecule has 0 amide bonds. The number of aliphatic hydroxyl groups excluding tert-OH is 1. The predicted octanol–water partition coefficient (Wildman–Crippen LogP) is 1.13. The zero-order valence-corrected chi connectivity index (χ0v) is 11.5. The summed E-state index contributed by atoms with van der Waals surface area (Å²) in [6.07, 6.45) is 3.66. The molecule has 1 aromatic rings. The molecule has 2 heterocycles. The van der Waals surface area contributed by atoms with E-state index in [1.165, 1.54) is 6.33 Å². The van der Waals surface area contributed by atoms with Gasteiger partial charge in [0.1, 0.15) is 18.0 Å². The SMILES string of the molecule is Nc1ncnc2c1C(I)CN2C1CC(CO)C1. The van der Waals surface area contributed by atoms with Gasteiger partial charge in [-0.15, -0.1) is 0 Å². The molecule has 1 saturated carbocycles. The van der Waals surface area contributed by atoms with Gasteiger partial charge in [0.15, 0.2) is 0 Å². The molecule has 0 spiro atoms. The number of aromatic nitrogens is 2. The Balaban J connectivity index is 1.85. The lowest BCUT2D eigenvalue weighted by Gasteiger charge is -2.41. The Kier molecular flexibility index (Phi) is 2.86. The molecular formula is C11H15IN4O. The summed E-state index contributed by atoms with van der Waals surface area (Å²) in [5.74, 6) is 2.07. The molecule has 3 N–H and O–H groups in total. The molecule has 92 valence electrons. The molecule has 1 atom stereocenters. The molecule has 1 aliphatic heterocycles. The molecule has 0 aromatic carbocycles. The van der Waals surface area contributed by atoms with E-state index in [4.69, 9.17) is 10.8 Å². The van der Waals surface area contributed by atoms with Crippen molar-refractivity contribution in [1.82, 2.24) is 9.97 Å². The van der Waals surface area contributed by atoms with E-state index in [-0.39, 0.29) is 0 Å². The maximum absolute atomic E-state index is 9.07. The highest BCUT2D eigenvalue weighted by molar-refractivity contribution is 14.1. The molecule has 6 heteroatoms. The van der Waals surface area contributed by atoms with E-state index >= 15 is 0 Å². The molecule has 1 unspecified atom stereocenters. The van der Waals surface area contributed by atoms with Gasteiger partial charge < -0.3 is 15.7 Å². The van der Waals surface area contributed by atoms with E-state index < -0.39 is 0 Å². The largest absolute Gasteiger partial charge is 0.396 e. The van der Waals surface area contributed by atoms with Crippen LogP contribution < -0.4 is 10.6 Å². The van der Waals surface area contributed by atoms with Crippen LogP contribution in [0.3, 0.4) is 0 Å². The molecule has 0 radical (unpaired) electrons. The summed E-state index contributed by atoms with van der Waals surface area (Å²) < 4.78 is 0.372. The zero-order chi connectivity index (χ0) is 12.0. The van der Waals surface area contributed by atoms with Crippen molar-refractivity contribution in [3.05, 3.63) is 11.9 Å². The van der Waals surface area contributed by atoms with Gasteiger partial charge in [-0.1, -0.05) is 22.6 Å². The molecule has 5 nitrogen and oxygen atoms in total. The van der Waals surface area contributed by atoms with Crippen LogP contribution in [0.15, 0.2) is 6.33 Å². The van der Waals surface area contributed by atoms with Crippen molar-refractivity contribution >= 4 is 34.2 Å². The maximum Gasteiger partial charge on any atom is 0.138 e. The molecule has 17 heavy (non-hydrogen) atoms. The van der Waals surface area contributed by atoms with Gasteiger partial charge in [0, 0.05) is 19.2 Å². The first-order valence-corrected chi connectivity index (χ1v) is 7.07. The lowest BCUT2D eigenvalue weighted by molar-refractivity contribution is 0.140. The molecule has 3 rings (SSSR count). The summed E-state index contributed by atoms with van der Waals surface area (Å²) in [6.45, 7) is 1.26. The molecule has 0 saturated heterocycles. The highest BCUT2D eigenvalue weighted by atomic mass is 127. The minimum atomic E-state index is 0.302. The lowest BCUT2D eigenvalue weighted by atomic mass is 9.80. The molecule has 0 bridgehead atoms. The number of halogens is 1. The van der Waals surface area contributed by atoms with Crippen molar-refractivity contribution in [2.24, 2.45) is 5.92 Å². The third-order valence-corrected chi connectivity index (χ3v) is 4.76. The summed E-state index contributed by atoms with van der Waals surface area (Å²) in [5, 5.41) is 9.07. The van der Waals surface area contributed by atoms with E-state index in [0.29, 0.717) is 28.3 Å². The van der Waals surface area contributed by atoms with E-state index in [1.807, 2.05) is 0 Å². The number of nitrogens with two attached hydrogens (primary N) is 1. The number of alkyl halides is 1. The minimum Gasteiger partial charge on any atom is -0.396 e. The summed E-state index contributed by atoms with van der Waals surface area (Å²) in [5.41, 5.74) is 7.00. The lowest BCUT2D eigenvalue weighted by Crippen LogP contribution is -2.45. The Labute approximate surface area is 114 Å². The Bertz CT molecular complexity index is 435. The Hall–Kier alpha value is -0.630. The van der Waals surface area contributed by atoms with Crippen molar-refractivity contribution in [2.75, 3.05) is 23.8 Å². The van der Waals surface area contributed by atoms with Crippen molar-refractivity contribution in [1.29, 1.82) is 0 Å². The van der Waals surface area contributed by atoms with Gasteiger partial charge in [-0.3, -0.25) is 0 Å². The summed E-state index contributed by atoms with van der Waals surface area (Å²) in [4.78, 5) is 10.8. The van der Waals surface area contributed by atoms with Crippen LogP contribution in [0.4, 0.5) is 11.6 Å². The van der Waals surface area contributed by atoms with Crippen LogP contribution in [0.1, 0.15) is 22.3 Å². The van der Waals surface area contributed by atoms with Gasteiger partial charge in [0.05, 0.1) is 9.49 Å². The van der Waals surface area contributed by atoms with Crippen LogP contribution in [0.5, 0.6) is 0 Å². The summed E-state index contributed by atoms with van der Waals surface area (Å²) in [7, 11) is 0. The number of aliphatic hydroxyl groups is 1. The van der Waals surface area contributed by atoms with E-state index in [0.717, 1.165) is 30.8 Å². The third kappa shape index (κ3) is 1.77. The molecule has 2 aliphatic rings. The first-order chi connectivity index (χ1) is 8.20. The third-order valence-electron chi connectivity index (χ3n) is 3.75. The minimum absolute atomic E-state index is 0.302. The van der Waals surface area contributed by atoms with Crippen molar-refractivity contribution in [3.8, 4) is 0 Å². The van der Waals surface area contributed by atoms with E-state index in [1.54, 1.807) is 0 Å². The normalized spacial score (nSPS) is 31.2. The first kappa shape index (κ1) is 11.5. The monoisotopic (exact) mass is 346 g/mol. The standard InChI is InChI=1S/C11H15IN4O/c12-8-3-16(7-1-6(2-7)4-17)11-9(8)10(13)14-5-15-11/h5-8,17H,1-4H2,(H2,13,14,15). The van der Waals surface area contributed by atoms with Gasteiger partial charge in [-0.25, -0.2) is 9.97 Å². The highest BCUT2D eigenvalue weighted by Crippen LogP contribution is 2.45. The average molecular weight is 346 g/mol.